The van der Waals surface area contributed by atoms with Gasteiger partial charge in [0.15, 0.2) is 5.13 Å². The number of likely N-dealkylation sites (N-methyl/N-ethyl adjacent to an activating group) is 1. The van der Waals surface area contributed by atoms with Gasteiger partial charge in [-0.25, -0.2) is 17.8 Å². The van der Waals surface area contributed by atoms with Crippen molar-refractivity contribution in [2.45, 2.75) is 44.6 Å². The topological polar surface area (TPSA) is 73.8 Å². The first-order chi connectivity index (χ1) is 17.2. The van der Waals surface area contributed by atoms with Crippen molar-refractivity contribution in [3.63, 3.8) is 0 Å². The molecule has 3 aromatic rings. The van der Waals surface area contributed by atoms with Crippen LogP contribution < -0.4 is 4.90 Å². The highest BCUT2D eigenvalue weighted by atomic mass is 35.5. The number of nitrogens with zero attached hydrogens (tertiary/aromatic N) is 4. The monoisotopic (exact) mass is 552 g/mol. The van der Waals surface area contributed by atoms with Crippen LogP contribution in [-0.4, -0.2) is 67.3 Å². The lowest BCUT2D eigenvalue weighted by Crippen LogP contribution is -2.49. The summed E-state index contributed by atoms with van der Waals surface area (Å²) in [6, 6.07) is 7.56. The molecule has 2 aromatic carbocycles. The van der Waals surface area contributed by atoms with Crippen LogP contribution in [0.2, 0.25) is 5.02 Å². The number of fused-ring (bicyclic) bond motifs is 1. The lowest BCUT2D eigenvalue weighted by atomic mass is 10.2. The summed E-state index contributed by atoms with van der Waals surface area (Å²) in [5, 5.41) is 1.13. The Balaban J connectivity index is 1.70. The number of sulfonamides is 1. The van der Waals surface area contributed by atoms with E-state index in [4.69, 9.17) is 16.6 Å². The fourth-order valence-electron chi connectivity index (χ4n) is 4.48. The number of hydrogen-bond donors (Lipinski definition) is 0. The van der Waals surface area contributed by atoms with Crippen LogP contribution >= 0.6 is 22.9 Å². The van der Waals surface area contributed by atoms with Gasteiger partial charge in [0.05, 0.1) is 15.1 Å². The number of carbonyl (C=O) groups is 1. The Morgan fingerprint density at radius 2 is 1.86 bits per heavy atom. The lowest BCUT2D eigenvalue weighted by Gasteiger charge is -2.30. The number of benzene rings is 2. The van der Waals surface area contributed by atoms with Gasteiger partial charge in [0.25, 0.3) is 0 Å². The molecule has 0 radical (unpaired) electrons. The minimum atomic E-state index is -3.97. The largest absolute Gasteiger partial charge is 0.302 e. The lowest BCUT2D eigenvalue weighted by molar-refractivity contribution is -0.121. The average Bonchev–Trinajstić information content (AvgIpc) is 3.53. The maximum atomic E-state index is 14.0. The summed E-state index contributed by atoms with van der Waals surface area (Å²) in [4.78, 5) is 22.6. The second kappa shape index (κ2) is 11.1. The number of hydrogen-bond acceptors (Lipinski definition) is 6. The summed E-state index contributed by atoms with van der Waals surface area (Å²) >= 11 is 7.70. The zero-order valence-corrected chi connectivity index (χ0v) is 23.0. The van der Waals surface area contributed by atoms with Gasteiger partial charge in [0.1, 0.15) is 11.9 Å². The first-order valence-corrected chi connectivity index (χ1v) is 14.7. The fourth-order valence-corrected chi connectivity index (χ4v) is 7.34. The molecule has 0 bridgehead atoms. The van der Waals surface area contributed by atoms with Crippen LogP contribution in [-0.2, 0) is 14.8 Å². The number of halogens is 2. The minimum absolute atomic E-state index is 0.0245. The van der Waals surface area contributed by atoms with Gasteiger partial charge in [-0.3, -0.25) is 9.69 Å². The molecule has 2 heterocycles. The quantitative estimate of drug-likeness (QED) is 0.376. The molecule has 1 aromatic heterocycles. The Kier molecular flexibility index (Phi) is 8.31. The number of carbonyl (C=O) groups excluding carboxylic acids is 1. The first kappa shape index (κ1) is 26.9. The number of rotatable bonds is 9. The molecule has 11 heteroatoms. The van der Waals surface area contributed by atoms with E-state index < -0.39 is 21.9 Å². The van der Waals surface area contributed by atoms with E-state index in [2.05, 4.69) is 18.7 Å². The van der Waals surface area contributed by atoms with Gasteiger partial charge in [-0.05, 0) is 74.8 Å². The summed E-state index contributed by atoms with van der Waals surface area (Å²) < 4.78 is 42.4. The van der Waals surface area contributed by atoms with Crippen LogP contribution in [0.1, 0.15) is 32.3 Å². The predicted molar refractivity (Wildman–Crippen MR) is 143 cm³/mol. The summed E-state index contributed by atoms with van der Waals surface area (Å²) in [7, 11) is -3.97. The van der Waals surface area contributed by atoms with Crippen molar-refractivity contribution in [2.75, 3.05) is 37.6 Å². The third kappa shape index (κ3) is 5.28. The van der Waals surface area contributed by atoms with Gasteiger partial charge >= 0.3 is 0 Å². The molecule has 1 amide bonds. The van der Waals surface area contributed by atoms with Crippen LogP contribution in [0.25, 0.3) is 10.2 Å². The third-order valence-corrected chi connectivity index (χ3v) is 10.1. The molecule has 4 rings (SSSR count). The van der Waals surface area contributed by atoms with E-state index in [0.717, 1.165) is 41.0 Å². The van der Waals surface area contributed by atoms with Gasteiger partial charge in [-0.15, -0.1) is 0 Å². The van der Waals surface area contributed by atoms with E-state index in [0.29, 0.717) is 36.1 Å². The molecule has 36 heavy (non-hydrogen) atoms. The number of aromatic nitrogens is 1. The number of thiazole rings is 1. The first-order valence-electron chi connectivity index (χ1n) is 12.0. The molecule has 0 N–H and O–H groups in total. The molecule has 0 saturated carbocycles. The van der Waals surface area contributed by atoms with Crippen LogP contribution in [0, 0.1) is 12.7 Å². The third-order valence-electron chi connectivity index (χ3n) is 6.68. The highest BCUT2D eigenvalue weighted by Gasteiger charge is 2.42. The minimum Gasteiger partial charge on any atom is -0.302 e. The molecule has 1 fully saturated rings. The van der Waals surface area contributed by atoms with Crippen LogP contribution in [0.3, 0.4) is 0 Å². The van der Waals surface area contributed by atoms with Gasteiger partial charge in [-0.2, -0.15) is 4.31 Å². The molecule has 0 aliphatic carbocycles. The van der Waals surface area contributed by atoms with Crippen LogP contribution in [0.4, 0.5) is 9.52 Å². The standard InChI is InChI=1S/C25H30ClFN4O3S2/c1-4-29(5-2)15-16-30(25-28-23-17(3)20(26)12-13-22(23)35-25)24(32)21-7-6-14-31(21)36(33,34)19-10-8-18(27)9-11-19/h8-13,21H,4-7,14-16H2,1-3H3. The summed E-state index contributed by atoms with van der Waals surface area (Å²) in [5.74, 6) is -0.815. The molecule has 1 saturated heterocycles. The Morgan fingerprint density at radius 1 is 1.17 bits per heavy atom. The van der Waals surface area contributed by atoms with E-state index in [-0.39, 0.29) is 17.3 Å². The fraction of sp³-hybridized carbons (Fsp3) is 0.440. The van der Waals surface area contributed by atoms with Gasteiger partial charge in [0.2, 0.25) is 15.9 Å². The van der Waals surface area contributed by atoms with Crippen LogP contribution in [0.5, 0.6) is 0 Å². The molecule has 194 valence electrons. The summed E-state index contributed by atoms with van der Waals surface area (Å²) in [6.07, 6.45) is 0.978. The second-order valence-electron chi connectivity index (χ2n) is 8.76. The number of amides is 1. The summed E-state index contributed by atoms with van der Waals surface area (Å²) in [6.45, 7) is 8.93. The van der Waals surface area contributed by atoms with Gasteiger partial charge in [0, 0.05) is 24.7 Å². The molecule has 1 aliphatic heterocycles. The van der Waals surface area contributed by atoms with Crippen molar-refractivity contribution in [2.24, 2.45) is 0 Å². The predicted octanol–water partition coefficient (Wildman–Crippen LogP) is 4.93. The average molecular weight is 553 g/mol. The number of anilines is 1. The van der Waals surface area contributed by atoms with E-state index in [9.17, 15) is 17.6 Å². The van der Waals surface area contributed by atoms with E-state index in [1.165, 1.54) is 27.8 Å². The Labute approximate surface area is 220 Å². The smallest absolute Gasteiger partial charge is 0.247 e. The maximum absolute atomic E-state index is 14.0. The van der Waals surface area contributed by atoms with Crippen molar-refractivity contribution < 1.29 is 17.6 Å². The summed E-state index contributed by atoms with van der Waals surface area (Å²) in [5.41, 5.74) is 1.58. The zero-order chi connectivity index (χ0) is 26.0. The van der Waals surface area contributed by atoms with Gasteiger partial charge < -0.3 is 4.90 Å². The Hall–Kier alpha value is -2.11. The molecule has 1 unspecified atom stereocenters. The van der Waals surface area contributed by atoms with Crippen molar-refractivity contribution in [1.82, 2.24) is 14.2 Å². The van der Waals surface area contributed by atoms with E-state index in [1.54, 1.807) is 4.90 Å². The van der Waals surface area contributed by atoms with Crippen molar-refractivity contribution in [3.8, 4) is 0 Å². The SMILES string of the molecule is CCN(CC)CCN(C(=O)C1CCCN1S(=O)(=O)c1ccc(F)cc1)c1nc2c(C)c(Cl)ccc2s1. The molecule has 1 aliphatic rings. The van der Waals surface area contributed by atoms with Gasteiger partial charge in [-0.1, -0.05) is 36.8 Å². The maximum Gasteiger partial charge on any atom is 0.247 e. The Morgan fingerprint density at radius 3 is 2.53 bits per heavy atom. The van der Waals surface area contributed by atoms with E-state index >= 15 is 0 Å². The molecular formula is C25H30ClFN4O3S2. The van der Waals surface area contributed by atoms with Crippen LogP contribution in [0.15, 0.2) is 41.3 Å². The second-order valence-corrected chi connectivity index (χ2v) is 12.1. The number of aryl methyl sites for hydroxylation is 1. The molecule has 7 nitrogen and oxygen atoms in total. The van der Waals surface area contributed by atoms with Crippen molar-refractivity contribution in [1.29, 1.82) is 0 Å². The normalized spacial score (nSPS) is 16.8. The van der Waals surface area contributed by atoms with Crippen molar-refractivity contribution >= 4 is 54.2 Å². The van der Waals surface area contributed by atoms with Crippen molar-refractivity contribution in [3.05, 3.63) is 52.8 Å². The van der Waals surface area contributed by atoms with E-state index in [1.807, 2.05) is 19.1 Å². The molecule has 0 spiro atoms. The molecular weight excluding hydrogens is 523 g/mol. The highest BCUT2D eigenvalue weighted by Crippen LogP contribution is 2.35. The zero-order valence-electron chi connectivity index (χ0n) is 20.6. The molecule has 1 atom stereocenters. The Bertz CT molecular complexity index is 1340. The highest BCUT2D eigenvalue weighted by molar-refractivity contribution is 7.89.